The van der Waals surface area contributed by atoms with Crippen LogP contribution in [-0.2, 0) is 16.0 Å². The second-order valence-electron chi connectivity index (χ2n) is 6.42. The summed E-state index contributed by atoms with van der Waals surface area (Å²) in [4.78, 5) is 35.6. The number of anilines is 1. The Kier molecular flexibility index (Phi) is 5.12. The summed E-state index contributed by atoms with van der Waals surface area (Å²) in [6.45, 7) is 3.75. The average Bonchev–Trinajstić information content (AvgIpc) is 3.08. The molecule has 3 N–H and O–H groups in total. The first-order valence-electron chi connectivity index (χ1n) is 8.52. The fourth-order valence-corrected chi connectivity index (χ4v) is 2.98. The molecule has 0 spiro atoms. The van der Waals surface area contributed by atoms with Crippen molar-refractivity contribution < 1.29 is 24.2 Å². The van der Waals surface area contributed by atoms with Gasteiger partial charge in [-0.15, -0.1) is 0 Å². The molecule has 1 aliphatic heterocycles. The lowest BCUT2D eigenvalue weighted by Gasteiger charge is -2.16. The molecular formula is C20H20N2O5. The van der Waals surface area contributed by atoms with E-state index in [0.717, 1.165) is 16.9 Å². The van der Waals surface area contributed by atoms with Crippen LogP contribution in [0.15, 0.2) is 36.4 Å². The van der Waals surface area contributed by atoms with Gasteiger partial charge in [0.25, 0.3) is 5.91 Å². The number of ether oxygens (including phenoxy) is 1. The van der Waals surface area contributed by atoms with Gasteiger partial charge in [0.2, 0.25) is 5.91 Å². The van der Waals surface area contributed by atoms with Crippen molar-refractivity contribution in [2.75, 3.05) is 11.9 Å². The Morgan fingerprint density at radius 1 is 1.15 bits per heavy atom. The summed E-state index contributed by atoms with van der Waals surface area (Å²) < 4.78 is 5.43. The quantitative estimate of drug-likeness (QED) is 0.752. The van der Waals surface area contributed by atoms with Gasteiger partial charge >= 0.3 is 5.97 Å². The minimum atomic E-state index is -1.19. The van der Waals surface area contributed by atoms with Crippen LogP contribution in [0, 0.1) is 6.92 Å². The first-order chi connectivity index (χ1) is 12.8. The lowest BCUT2D eigenvalue weighted by atomic mass is 10.0. The van der Waals surface area contributed by atoms with E-state index in [2.05, 4.69) is 10.6 Å². The fourth-order valence-electron chi connectivity index (χ4n) is 2.98. The van der Waals surface area contributed by atoms with Crippen LogP contribution in [0.1, 0.15) is 40.0 Å². The summed E-state index contributed by atoms with van der Waals surface area (Å²) >= 11 is 0. The Hall–Kier alpha value is -3.35. The molecule has 0 aliphatic carbocycles. The van der Waals surface area contributed by atoms with Gasteiger partial charge in [-0.2, -0.15) is 0 Å². The van der Waals surface area contributed by atoms with Gasteiger partial charge in [0.1, 0.15) is 5.75 Å². The number of fused-ring (bicyclic) bond motifs is 1. The predicted octanol–water partition coefficient (Wildman–Crippen LogP) is 2.44. The molecule has 0 bridgehead atoms. The Bertz CT molecular complexity index is 923. The zero-order valence-corrected chi connectivity index (χ0v) is 15.0. The van der Waals surface area contributed by atoms with Gasteiger partial charge in [-0.25, -0.2) is 4.79 Å². The molecule has 0 aromatic heterocycles. The number of hydrogen-bond acceptors (Lipinski definition) is 4. The zero-order valence-electron chi connectivity index (χ0n) is 15.0. The van der Waals surface area contributed by atoms with E-state index in [9.17, 15) is 19.5 Å². The van der Waals surface area contributed by atoms with Gasteiger partial charge < -0.3 is 20.5 Å². The third-order valence-electron chi connectivity index (χ3n) is 4.38. The third-order valence-corrected chi connectivity index (χ3v) is 4.38. The first-order valence-corrected chi connectivity index (χ1v) is 8.52. The molecule has 140 valence electrons. The molecule has 0 saturated carbocycles. The molecule has 0 saturated heterocycles. The van der Waals surface area contributed by atoms with E-state index < -0.39 is 17.9 Å². The highest BCUT2D eigenvalue weighted by atomic mass is 16.5. The number of carboxylic acid groups (broad SMARTS) is 1. The lowest BCUT2D eigenvalue weighted by molar-refractivity contribution is -0.139. The molecule has 1 aliphatic rings. The molecule has 7 nitrogen and oxygen atoms in total. The smallest absolute Gasteiger partial charge is 0.330 e. The Morgan fingerprint density at radius 3 is 2.63 bits per heavy atom. The van der Waals surface area contributed by atoms with Crippen LogP contribution in [-0.4, -0.2) is 29.5 Å². The van der Waals surface area contributed by atoms with E-state index in [1.807, 2.05) is 0 Å². The van der Waals surface area contributed by atoms with E-state index >= 15 is 0 Å². The van der Waals surface area contributed by atoms with Crippen LogP contribution in [0.4, 0.5) is 5.69 Å². The monoisotopic (exact) mass is 368 g/mol. The number of carbonyl (C=O) groups is 3. The van der Waals surface area contributed by atoms with Gasteiger partial charge in [0.05, 0.1) is 6.61 Å². The number of benzene rings is 2. The normalized spacial score (nSPS) is 13.3. The molecule has 27 heavy (non-hydrogen) atoms. The number of hydrogen-bond donors (Lipinski definition) is 3. The average molecular weight is 368 g/mol. The van der Waals surface area contributed by atoms with Crippen molar-refractivity contribution in [1.82, 2.24) is 5.32 Å². The molecule has 0 fully saturated rings. The number of rotatable bonds is 5. The maximum absolute atomic E-state index is 12.6. The number of carboxylic acids is 1. The van der Waals surface area contributed by atoms with Gasteiger partial charge in [-0.3, -0.25) is 9.59 Å². The van der Waals surface area contributed by atoms with Crippen LogP contribution in [0.3, 0.4) is 0 Å². The summed E-state index contributed by atoms with van der Waals surface area (Å²) in [5, 5.41) is 14.8. The maximum Gasteiger partial charge on any atom is 0.330 e. The number of amides is 2. The second-order valence-corrected chi connectivity index (χ2v) is 6.42. The number of aliphatic carboxylic acids is 1. The summed E-state index contributed by atoms with van der Waals surface area (Å²) in [5.41, 5.74) is 2.98. The molecular weight excluding hydrogens is 348 g/mol. The molecule has 3 rings (SSSR count). The summed E-state index contributed by atoms with van der Waals surface area (Å²) in [7, 11) is 0. The van der Waals surface area contributed by atoms with E-state index in [1.54, 1.807) is 37.3 Å². The van der Waals surface area contributed by atoms with Crippen LogP contribution in [0.25, 0.3) is 0 Å². The van der Waals surface area contributed by atoms with E-state index in [4.69, 9.17) is 4.74 Å². The van der Waals surface area contributed by atoms with E-state index in [0.29, 0.717) is 24.3 Å². The van der Waals surface area contributed by atoms with E-state index in [1.165, 1.54) is 13.0 Å². The highest BCUT2D eigenvalue weighted by molar-refractivity contribution is 5.99. The summed E-state index contributed by atoms with van der Waals surface area (Å²) in [6.07, 6.45) is 0.710. The van der Waals surface area contributed by atoms with Crippen molar-refractivity contribution in [1.29, 1.82) is 0 Å². The van der Waals surface area contributed by atoms with Crippen molar-refractivity contribution in [2.45, 2.75) is 26.3 Å². The number of aryl methyl sites for hydroxylation is 1. The van der Waals surface area contributed by atoms with Crippen molar-refractivity contribution in [2.24, 2.45) is 0 Å². The molecule has 1 unspecified atom stereocenters. The standard InChI is InChI=1S/C20H20N2O5/c1-11-3-4-15(10-16(11)21-12(2)23)19(24)22-18(20(25)26)14-5-6-17-13(9-14)7-8-27-17/h3-6,9-10,18H,7-8H2,1-2H3,(H,21,23)(H,22,24)(H,25,26). The van der Waals surface area contributed by atoms with Crippen molar-refractivity contribution >= 4 is 23.5 Å². The van der Waals surface area contributed by atoms with Gasteiger partial charge in [0, 0.05) is 24.6 Å². The number of carbonyl (C=O) groups excluding carboxylic acids is 2. The van der Waals surface area contributed by atoms with E-state index in [-0.39, 0.29) is 11.5 Å². The van der Waals surface area contributed by atoms with Gasteiger partial charge in [0.15, 0.2) is 6.04 Å². The van der Waals surface area contributed by atoms with Crippen LogP contribution >= 0.6 is 0 Å². The molecule has 2 aromatic carbocycles. The highest BCUT2D eigenvalue weighted by Gasteiger charge is 2.25. The number of nitrogens with one attached hydrogen (secondary N) is 2. The molecule has 2 amide bonds. The summed E-state index contributed by atoms with van der Waals surface area (Å²) in [6, 6.07) is 8.74. The second kappa shape index (κ2) is 7.49. The van der Waals surface area contributed by atoms with Crippen molar-refractivity contribution in [3.05, 3.63) is 58.7 Å². The van der Waals surface area contributed by atoms with Crippen LogP contribution < -0.4 is 15.4 Å². The lowest BCUT2D eigenvalue weighted by Crippen LogP contribution is -2.33. The predicted molar refractivity (Wildman–Crippen MR) is 99.0 cm³/mol. The third kappa shape index (κ3) is 4.08. The zero-order chi connectivity index (χ0) is 19.6. The molecule has 0 radical (unpaired) electrons. The Balaban J connectivity index is 1.84. The maximum atomic E-state index is 12.6. The molecule has 2 aromatic rings. The SMILES string of the molecule is CC(=O)Nc1cc(C(=O)NC(C(=O)O)c2ccc3c(c2)CCO3)ccc1C. The molecule has 1 heterocycles. The Morgan fingerprint density at radius 2 is 1.93 bits per heavy atom. The van der Waals surface area contributed by atoms with Crippen LogP contribution in [0.5, 0.6) is 5.75 Å². The Labute approximate surface area is 156 Å². The minimum absolute atomic E-state index is 0.251. The van der Waals surface area contributed by atoms with Gasteiger partial charge in [-0.1, -0.05) is 12.1 Å². The minimum Gasteiger partial charge on any atom is -0.493 e. The summed E-state index contributed by atoms with van der Waals surface area (Å²) in [5.74, 6) is -1.20. The highest BCUT2D eigenvalue weighted by Crippen LogP contribution is 2.28. The molecule has 7 heteroatoms. The van der Waals surface area contributed by atoms with Crippen molar-refractivity contribution in [3.8, 4) is 5.75 Å². The largest absolute Gasteiger partial charge is 0.493 e. The first kappa shape index (κ1) is 18.4. The molecule has 1 atom stereocenters. The van der Waals surface area contributed by atoms with Crippen molar-refractivity contribution in [3.63, 3.8) is 0 Å². The topological polar surface area (TPSA) is 105 Å². The van der Waals surface area contributed by atoms with Crippen LogP contribution in [0.2, 0.25) is 0 Å². The van der Waals surface area contributed by atoms with Gasteiger partial charge in [-0.05, 0) is 47.9 Å². The fraction of sp³-hybridized carbons (Fsp3) is 0.250.